The predicted molar refractivity (Wildman–Crippen MR) is 69.9 cm³/mol. The Balaban J connectivity index is 2.22. The summed E-state index contributed by atoms with van der Waals surface area (Å²) in [5.41, 5.74) is 0.824. The molecule has 0 aliphatic carbocycles. The zero-order valence-corrected chi connectivity index (χ0v) is 10.5. The van der Waals surface area contributed by atoms with Gasteiger partial charge in [0.05, 0.1) is 10.3 Å². The molecule has 4 heteroatoms. The molecular weight excluding hydrogens is 256 g/mol. The number of thiophene rings is 1. The molecular formula is C13H11ClO2S. The van der Waals surface area contributed by atoms with Gasteiger partial charge in [0.15, 0.2) is 0 Å². The molecule has 88 valence electrons. The van der Waals surface area contributed by atoms with Crippen LogP contribution >= 0.6 is 22.9 Å². The Bertz CT molecular complexity index is 507. The van der Waals surface area contributed by atoms with Gasteiger partial charge >= 0.3 is 5.97 Å². The first-order chi connectivity index (χ1) is 8.16. The molecule has 0 spiro atoms. The van der Waals surface area contributed by atoms with Crippen LogP contribution in [0.15, 0.2) is 42.5 Å². The molecule has 1 aromatic heterocycles. The minimum Gasteiger partial charge on any atom is -0.481 e. The van der Waals surface area contributed by atoms with Crippen LogP contribution in [-0.2, 0) is 11.2 Å². The van der Waals surface area contributed by atoms with Crippen molar-refractivity contribution in [2.45, 2.75) is 12.3 Å². The maximum atomic E-state index is 11.3. The van der Waals surface area contributed by atoms with Gasteiger partial charge < -0.3 is 5.11 Å². The van der Waals surface area contributed by atoms with Crippen molar-refractivity contribution in [2.75, 3.05) is 0 Å². The average molecular weight is 267 g/mol. The van der Waals surface area contributed by atoms with E-state index in [4.69, 9.17) is 11.6 Å². The second-order valence-corrected chi connectivity index (χ2v) is 5.51. The third-order valence-electron chi connectivity index (χ3n) is 2.53. The number of carboxylic acid groups (broad SMARTS) is 1. The molecule has 17 heavy (non-hydrogen) atoms. The van der Waals surface area contributed by atoms with Gasteiger partial charge in [-0.1, -0.05) is 41.9 Å². The van der Waals surface area contributed by atoms with Crippen LogP contribution in [0.4, 0.5) is 0 Å². The topological polar surface area (TPSA) is 37.3 Å². The normalized spacial score (nSPS) is 12.3. The summed E-state index contributed by atoms with van der Waals surface area (Å²) in [4.78, 5) is 12.3. The molecule has 1 atom stereocenters. The third kappa shape index (κ3) is 3.08. The number of aliphatic carboxylic acids is 1. The van der Waals surface area contributed by atoms with Crippen molar-refractivity contribution >= 4 is 28.9 Å². The standard InChI is InChI=1S/C13H11ClO2S/c14-12-7-6-10(17-12)8-11(13(15)16)9-4-2-1-3-5-9/h1-7,11H,8H2,(H,15,16). The molecule has 0 saturated heterocycles. The zero-order chi connectivity index (χ0) is 12.3. The van der Waals surface area contributed by atoms with E-state index in [9.17, 15) is 9.90 Å². The van der Waals surface area contributed by atoms with E-state index in [1.165, 1.54) is 11.3 Å². The lowest BCUT2D eigenvalue weighted by Crippen LogP contribution is -2.13. The Kier molecular flexibility index (Phi) is 3.82. The molecule has 2 nitrogen and oxygen atoms in total. The molecule has 0 radical (unpaired) electrons. The van der Waals surface area contributed by atoms with E-state index >= 15 is 0 Å². The fourth-order valence-corrected chi connectivity index (χ4v) is 2.83. The van der Waals surface area contributed by atoms with E-state index in [0.29, 0.717) is 10.8 Å². The first-order valence-corrected chi connectivity index (χ1v) is 6.38. The number of halogens is 1. The van der Waals surface area contributed by atoms with Crippen molar-refractivity contribution in [3.63, 3.8) is 0 Å². The predicted octanol–water partition coefficient (Wildman–Crippen LogP) is 3.81. The molecule has 1 aromatic carbocycles. The van der Waals surface area contributed by atoms with E-state index in [0.717, 1.165) is 10.4 Å². The van der Waals surface area contributed by atoms with Crippen molar-refractivity contribution in [2.24, 2.45) is 0 Å². The Morgan fingerprint density at radius 2 is 1.94 bits per heavy atom. The largest absolute Gasteiger partial charge is 0.481 e. The second kappa shape index (κ2) is 5.34. The molecule has 0 aliphatic rings. The monoisotopic (exact) mass is 266 g/mol. The van der Waals surface area contributed by atoms with Crippen LogP contribution in [0.5, 0.6) is 0 Å². The molecule has 2 aromatic rings. The average Bonchev–Trinajstić information content (AvgIpc) is 2.73. The lowest BCUT2D eigenvalue weighted by atomic mass is 9.95. The van der Waals surface area contributed by atoms with Gasteiger partial charge in [-0.15, -0.1) is 11.3 Å². The van der Waals surface area contributed by atoms with Gasteiger partial charge in [0, 0.05) is 4.88 Å². The number of carbonyl (C=O) groups is 1. The van der Waals surface area contributed by atoms with Crippen molar-refractivity contribution in [1.29, 1.82) is 0 Å². The van der Waals surface area contributed by atoms with Crippen molar-refractivity contribution in [3.8, 4) is 0 Å². The van der Waals surface area contributed by atoms with E-state index in [1.807, 2.05) is 36.4 Å². The van der Waals surface area contributed by atoms with Crippen molar-refractivity contribution < 1.29 is 9.90 Å². The van der Waals surface area contributed by atoms with Crippen LogP contribution in [-0.4, -0.2) is 11.1 Å². The summed E-state index contributed by atoms with van der Waals surface area (Å²) in [5.74, 6) is -1.31. The highest BCUT2D eigenvalue weighted by atomic mass is 35.5. The molecule has 1 unspecified atom stereocenters. The van der Waals surface area contributed by atoms with Gasteiger partial charge in [-0.05, 0) is 24.1 Å². The van der Waals surface area contributed by atoms with Crippen molar-refractivity contribution in [1.82, 2.24) is 0 Å². The molecule has 0 saturated carbocycles. The van der Waals surface area contributed by atoms with Gasteiger partial charge in [0.25, 0.3) is 0 Å². The van der Waals surface area contributed by atoms with Gasteiger partial charge in [0.1, 0.15) is 0 Å². The highest BCUT2D eigenvalue weighted by Gasteiger charge is 2.20. The summed E-state index contributed by atoms with van der Waals surface area (Å²) in [7, 11) is 0. The van der Waals surface area contributed by atoms with Gasteiger partial charge in [-0.3, -0.25) is 4.79 Å². The third-order valence-corrected chi connectivity index (χ3v) is 3.79. The van der Waals surface area contributed by atoms with Crippen LogP contribution in [0, 0.1) is 0 Å². The number of benzene rings is 1. The molecule has 1 heterocycles. The van der Waals surface area contributed by atoms with Crippen LogP contribution in [0.2, 0.25) is 4.34 Å². The fraction of sp³-hybridized carbons (Fsp3) is 0.154. The lowest BCUT2D eigenvalue weighted by Gasteiger charge is -2.11. The SMILES string of the molecule is O=C(O)C(Cc1ccc(Cl)s1)c1ccccc1. The van der Waals surface area contributed by atoms with E-state index < -0.39 is 11.9 Å². The molecule has 0 fully saturated rings. The molecule has 0 aliphatic heterocycles. The first kappa shape index (κ1) is 12.1. The highest BCUT2D eigenvalue weighted by Crippen LogP contribution is 2.27. The summed E-state index contributed by atoms with van der Waals surface area (Å²) < 4.78 is 0.692. The Morgan fingerprint density at radius 3 is 2.47 bits per heavy atom. The number of hydrogen-bond donors (Lipinski definition) is 1. The van der Waals surface area contributed by atoms with Crippen LogP contribution in [0.3, 0.4) is 0 Å². The molecule has 1 N–H and O–H groups in total. The maximum absolute atomic E-state index is 11.3. The molecule has 0 amide bonds. The van der Waals surface area contributed by atoms with Gasteiger partial charge in [-0.2, -0.15) is 0 Å². The summed E-state index contributed by atoms with van der Waals surface area (Å²) in [5, 5.41) is 9.27. The van der Waals surface area contributed by atoms with E-state index in [-0.39, 0.29) is 0 Å². The zero-order valence-electron chi connectivity index (χ0n) is 8.97. The van der Waals surface area contributed by atoms with Gasteiger partial charge in [0.2, 0.25) is 0 Å². The van der Waals surface area contributed by atoms with E-state index in [2.05, 4.69) is 0 Å². The maximum Gasteiger partial charge on any atom is 0.311 e. The lowest BCUT2D eigenvalue weighted by molar-refractivity contribution is -0.138. The molecule has 0 bridgehead atoms. The highest BCUT2D eigenvalue weighted by molar-refractivity contribution is 7.16. The van der Waals surface area contributed by atoms with Crippen LogP contribution in [0.25, 0.3) is 0 Å². The summed E-state index contributed by atoms with van der Waals surface area (Å²) in [6.45, 7) is 0. The molecule has 2 rings (SSSR count). The number of hydrogen-bond acceptors (Lipinski definition) is 2. The van der Waals surface area contributed by atoms with Crippen LogP contribution < -0.4 is 0 Å². The smallest absolute Gasteiger partial charge is 0.311 e. The second-order valence-electron chi connectivity index (χ2n) is 3.71. The van der Waals surface area contributed by atoms with Crippen LogP contribution in [0.1, 0.15) is 16.4 Å². The first-order valence-electron chi connectivity index (χ1n) is 5.19. The van der Waals surface area contributed by atoms with Gasteiger partial charge in [-0.25, -0.2) is 0 Å². The Hall–Kier alpha value is -1.32. The fourth-order valence-electron chi connectivity index (χ4n) is 1.70. The Morgan fingerprint density at radius 1 is 1.24 bits per heavy atom. The number of carboxylic acids is 1. The van der Waals surface area contributed by atoms with Crippen molar-refractivity contribution in [3.05, 3.63) is 57.2 Å². The minimum absolute atomic E-state index is 0.483. The minimum atomic E-state index is -0.805. The summed E-state index contributed by atoms with van der Waals surface area (Å²) in [6, 6.07) is 12.9. The number of rotatable bonds is 4. The summed E-state index contributed by atoms with van der Waals surface area (Å²) >= 11 is 7.27. The Labute approximate surface area is 108 Å². The quantitative estimate of drug-likeness (QED) is 0.914. The summed E-state index contributed by atoms with van der Waals surface area (Å²) in [6.07, 6.45) is 0.483. The van der Waals surface area contributed by atoms with E-state index in [1.54, 1.807) is 6.07 Å².